The fourth-order valence-corrected chi connectivity index (χ4v) is 2.37. The molecule has 0 atom stereocenters. The molecule has 2 nitrogen and oxygen atoms in total. The lowest BCUT2D eigenvalue weighted by molar-refractivity contribution is -0.143. The standard InChI is InChI=1S/C21H38O2/c1-3-5-6-7-8-9-10-11-12-13-14-15-16-17-18-19-21(22)23-20-4-2/h8-9,11-12H,3-7,10,13-20H2,1-2H3/b9-8?,12-11+. The molecule has 2 heteroatoms. The van der Waals surface area contributed by atoms with Gasteiger partial charge in [0.1, 0.15) is 0 Å². The highest BCUT2D eigenvalue weighted by molar-refractivity contribution is 5.69. The Morgan fingerprint density at radius 3 is 2.00 bits per heavy atom. The number of carbonyl (C=O) groups excluding carboxylic acids is 1. The third kappa shape index (κ3) is 18.9. The third-order valence-corrected chi connectivity index (χ3v) is 3.80. The van der Waals surface area contributed by atoms with Gasteiger partial charge in [0.05, 0.1) is 6.61 Å². The van der Waals surface area contributed by atoms with Crippen LogP contribution >= 0.6 is 0 Å². The Morgan fingerprint density at radius 2 is 1.35 bits per heavy atom. The quantitative estimate of drug-likeness (QED) is 0.178. The van der Waals surface area contributed by atoms with Gasteiger partial charge in [0.15, 0.2) is 0 Å². The van der Waals surface area contributed by atoms with Crippen LogP contribution in [0, 0.1) is 0 Å². The van der Waals surface area contributed by atoms with Crippen molar-refractivity contribution in [1.29, 1.82) is 0 Å². The highest BCUT2D eigenvalue weighted by atomic mass is 16.5. The lowest BCUT2D eigenvalue weighted by atomic mass is 10.1. The molecular formula is C21H38O2. The fraction of sp³-hybridized carbons (Fsp3) is 0.762. The molecule has 0 saturated carbocycles. The van der Waals surface area contributed by atoms with E-state index in [0.29, 0.717) is 13.0 Å². The van der Waals surface area contributed by atoms with Crippen LogP contribution in [0.25, 0.3) is 0 Å². The average Bonchev–Trinajstić information content (AvgIpc) is 2.56. The summed E-state index contributed by atoms with van der Waals surface area (Å²) in [7, 11) is 0. The summed E-state index contributed by atoms with van der Waals surface area (Å²) in [4.78, 5) is 11.3. The van der Waals surface area contributed by atoms with Gasteiger partial charge in [-0.05, 0) is 44.9 Å². The predicted octanol–water partition coefficient (Wildman–Crippen LogP) is 6.75. The maximum Gasteiger partial charge on any atom is 0.305 e. The summed E-state index contributed by atoms with van der Waals surface area (Å²) in [6, 6.07) is 0. The van der Waals surface area contributed by atoms with Gasteiger partial charge in [0, 0.05) is 6.42 Å². The van der Waals surface area contributed by atoms with E-state index in [2.05, 4.69) is 31.2 Å². The van der Waals surface area contributed by atoms with Crippen LogP contribution in [0.15, 0.2) is 24.3 Å². The minimum Gasteiger partial charge on any atom is -0.466 e. The van der Waals surface area contributed by atoms with Gasteiger partial charge in [-0.3, -0.25) is 4.79 Å². The van der Waals surface area contributed by atoms with Crippen molar-refractivity contribution < 1.29 is 9.53 Å². The van der Waals surface area contributed by atoms with E-state index < -0.39 is 0 Å². The first-order valence-electron chi connectivity index (χ1n) is 9.76. The molecule has 0 saturated heterocycles. The van der Waals surface area contributed by atoms with Crippen LogP contribution < -0.4 is 0 Å². The van der Waals surface area contributed by atoms with Gasteiger partial charge in [-0.25, -0.2) is 0 Å². The number of unbranched alkanes of at least 4 members (excludes halogenated alkanes) is 8. The Kier molecular flexibility index (Phi) is 18.1. The van der Waals surface area contributed by atoms with Gasteiger partial charge < -0.3 is 4.74 Å². The lowest BCUT2D eigenvalue weighted by Gasteiger charge is -2.02. The Hall–Kier alpha value is -1.05. The molecule has 0 fully saturated rings. The molecule has 134 valence electrons. The first-order valence-corrected chi connectivity index (χ1v) is 9.76. The molecule has 0 aromatic heterocycles. The van der Waals surface area contributed by atoms with E-state index in [9.17, 15) is 4.79 Å². The molecule has 0 aromatic rings. The Bertz CT molecular complexity index is 305. The summed E-state index contributed by atoms with van der Waals surface area (Å²) in [5, 5.41) is 0. The highest BCUT2D eigenvalue weighted by Crippen LogP contribution is 2.08. The maximum absolute atomic E-state index is 11.3. The van der Waals surface area contributed by atoms with Gasteiger partial charge >= 0.3 is 5.97 Å². The van der Waals surface area contributed by atoms with Crippen molar-refractivity contribution in [2.45, 2.75) is 97.3 Å². The number of allylic oxidation sites excluding steroid dienone is 4. The topological polar surface area (TPSA) is 26.3 Å². The van der Waals surface area contributed by atoms with Gasteiger partial charge in [0.25, 0.3) is 0 Å². The molecule has 0 N–H and O–H groups in total. The number of carbonyl (C=O) groups is 1. The van der Waals surface area contributed by atoms with Crippen molar-refractivity contribution in [3.63, 3.8) is 0 Å². The second-order valence-corrected chi connectivity index (χ2v) is 6.20. The second kappa shape index (κ2) is 19.0. The van der Waals surface area contributed by atoms with Crippen molar-refractivity contribution in [2.24, 2.45) is 0 Å². The van der Waals surface area contributed by atoms with E-state index in [-0.39, 0.29) is 5.97 Å². The number of esters is 1. The van der Waals surface area contributed by atoms with Gasteiger partial charge in [-0.1, -0.05) is 70.3 Å². The molecule has 0 spiro atoms. The summed E-state index contributed by atoms with van der Waals surface area (Å²) in [6.45, 7) is 4.83. The summed E-state index contributed by atoms with van der Waals surface area (Å²) in [5.74, 6) is -0.0301. The third-order valence-electron chi connectivity index (χ3n) is 3.80. The number of hydrogen-bond acceptors (Lipinski definition) is 2. The van der Waals surface area contributed by atoms with E-state index in [1.54, 1.807) is 0 Å². The highest BCUT2D eigenvalue weighted by Gasteiger charge is 2.00. The molecule has 23 heavy (non-hydrogen) atoms. The van der Waals surface area contributed by atoms with Crippen LogP contribution in [-0.2, 0) is 9.53 Å². The van der Waals surface area contributed by atoms with Crippen LogP contribution in [0.5, 0.6) is 0 Å². The van der Waals surface area contributed by atoms with Crippen molar-refractivity contribution in [1.82, 2.24) is 0 Å². The van der Waals surface area contributed by atoms with Crippen LogP contribution in [0.4, 0.5) is 0 Å². The predicted molar refractivity (Wildman–Crippen MR) is 101 cm³/mol. The van der Waals surface area contributed by atoms with Gasteiger partial charge in [0.2, 0.25) is 0 Å². The first kappa shape index (κ1) is 21.9. The number of rotatable bonds is 16. The van der Waals surface area contributed by atoms with E-state index in [4.69, 9.17) is 4.74 Å². The van der Waals surface area contributed by atoms with Crippen LogP contribution in [-0.4, -0.2) is 12.6 Å². The minimum atomic E-state index is -0.0301. The first-order chi connectivity index (χ1) is 11.3. The zero-order valence-electron chi connectivity index (χ0n) is 15.5. The normalized spacial score (nSPS) is 11.6. The summed E-state index contributed by atoms with van der Waals surface area (Å²) in [5.41, 5.74) is 0. The monoisotopic (exact) mass is 322 g/mol. The van der Waals surface area contributed by atoms with E-state index in [1.165, 1.54) is 51.4 Å². The minimum absolute atomic E-state index is 0.0301. The lowest BCUT2D eigenvalue weighted by Crippen LogP contribution is -2.04. The Balaban J connectivity index is 3.23. The zero-order chi connectivity index (χ0) is 17.0. The van der Waals surface area contributed by atoms with Gasteiger partial charge in [-0.15, -0.1) is 0 Å². The van der Waals surface area contributed by atoms with E-state index >= 15 is 0 Å². The van der Waals surface area contributed by atoms with Crippen molar-refractivity contribution in [3.05, 3.63) is 24.3 Å². The molecule has 0 bridgehead atoms. The summed E-state index contributed by atoms with van der Waals surface area (Å²) < 4.78 is 5.06. The fourth-order valence-electron chi connectivity index (χ4n) is 2.37. The molecule has 0 amide bonds. The zero-order valence-corrected chi connectivity index (χ0v) is 15.5. The van der Waals surface area contributed by atoms with Crippen LogP contribution in [0.2, 0.25) is 0 Å². The van der Waals surface area contributed by atoms with E-state index in [0.717, 1.165) is 25.7 Å². The number of hydrogen-bond donors (Lipinski definition) is 0. The second-order valence-electron chi connectivity index (χ2n) is 6.20. The molecule has 0 heterocycles. The molecule has 0 aliphatic heterocycles. The molecular weight excluding hydrogens is 284 g/mol. The van der Waals surface area contributed by atoms with Crippen molar-refractivity contribution >= 4 is 5.97 Å². The SMILES string of the molecule is CCCCCC=CC/C=C/CCCCCCCC(=O)OCCC. The largest absolute Gasteiger partial charge is 0.466 e. The smallest absolute Gasteiger partial charge is 0.305 e. The molecule has 0 unspecified atom stereocenters. The van der Waals surface area contributed by atoms with Crippen LogP contribution in [0.3, 0.4) is 0 Å². The van der Waals surface area contributed by atoms with E-state index in [1.807, 2.05) is 6.92 Å². The molecule has 0 aliphatic carbocycles. The summed E-state index contributed by atoms with van der Waals surface area (Å²) >= 11 is 0. The van der Waals surface area contributed by atoms with Crippen molar-refractivity contribution in [3.8, 4) is 0 Å². The molecule has 0 rings (SSSR count). The number of ether oxygens (including phenoxy) is 1. The summed E-state index contributed by atoms with van der Waals surface area (Å²) in [6.07, 6.45) is 24.0. The van der Waals surface area contributed by atoms with Crippen molar-refractivity contribution in [2.75, 3.05) is 6.61 Å². The Labute approximate surface area is 144 Å². The maximum atomic E-state index is 11.3. The average molecular weight is 323 g/mol. The Morgan fingerprint density at radius 1 is 0.739 bits per heavy atom. The molecule has 0 aliphatic rings. The van der Waals surface area contributed by atoms with Gasteiger partial charge in [-0.2, -0.15) is 0 Å². The van der Waals surface area contributed by atoms with Crippen LogP contribution in [0.1, 0.15) is 97.3 Å². The molecule has 0 aromatic carbocycles. The molecule has 0 radical (unpaired) electrons.